The number of nitrogens with zero attached hydrogens (tertiary/aromatic N) is 4. The molecule has 0 radical (unpaired) electrons. The number of ether oxygens (including phenoxy) is 1. The summed E-state index contributed by atoms with van der Waals surface area (Å²) >= 11 is 6.67. The molecular formula is C23H30ClN5O3. The van der Waals surface area contributed by atoms with E-state index in [1.165, 1.54) is 4.90 Å². The lowest BCUT2D eigenvalue weighted by Gasteiger charge is -2.27. The smallest absolute Gasteiger partial charge is 0.320 e. The van der Waals surface area contributed by atoms with Crippen molar-refractivity contribution in [1.29, 1.82) is 0 Å². The third-order valence-electron chi connectivity index (χ3n) is 5.47. The zero-order valence-electron chi connectivity index (χ0n) is 18.6. The summed E-state index contributed by atoms with van der Waals surface area (Å²) < 4.78 is 5.79. The van der Waals surface area contributed by atoms with Crippen LogP contribution in [0.2, 0.25) is 5.02 Å². The summed E-state index contributed by atoms with van der Waals surface area (Å²) in [6, 6.07) is 1.50. The van der Waals surface area contributed by atoms with Gasteiger partial charge in [-0.2, -0.15) is 0 Å². The molecule has 0 bridgehead atoms. The van der Waals surface area contributed by atoms with E-state index in [1.54, 1.807) is 25.5 Å². The molecule has 0 unspecified atom stereocenters. The zero-order chi connectivity index (χ0) is 23.1. The van der Waals surface area contributed by atoms with Gasteiger partial charge in [0.25, 0.3) is 0 Å². The molecule has 0 spiro atoms. The van der Waals surface area contributed by atoms with E-state index in [4.69, 9.17) is 22.1 Å². The molecule has 9 heteroatoms. The SMILES string of the molecule is CCCN(CCCOCc1cncc(-c2cnc3c(c2)CCCN3C(N)=O)c1Cl)C(C)=O. The zero-order valence-corrected chi connectivity index (χ0v) is 19.4. The second-order valence-corrected chi connectivity index (χ2v) is 8.25. The second-order valence-electron chi connectivity index (χ2n) is 7.87. The number of nitrogens with two attached hydrogens (primary N) is 1. The highest BCUT2D eigenvalue weighted by molar-refractivity contribution is 6.34. The van der Waals surface area contributed by atoms with Gasteiger partial charge in [0.2, 0.25) is 5.91 Å². The van der Waals surface area contributed by atoms with E-state index in [9.17, 15) is 9.59 Å². The summed E-state index contributed by atoms with van der Waals surface area (Å²) in [6.07, 6.45) is 8.45. The van der Waals surface area contributed by atoms with Crippen LogP contribution in [0.5, 0.6) is 0 Å². The van der Waals surface area contributed by atoms with E-state index in [1.807, 2.05) is 11.0 Å². The normalized spacial score (nSPS) is 13.0. The Balaban J connectivity index is 1.65. The number of urea groups is 1. The quantitative estimate of drug-likeness (QED) is 0.575. The number of hydrogen-bond acceptors (Lipinski definition) is 5. The van der Waals surface area contributed by atoms with E-state index in [-0.39, 0.29) is 5.91 Å². The van der Waals surface area contributed by atoms with Crippen LogP contribution in [0.1, 0.15) is 44.2 Å². The molecular weight excluding hydrogens is 430 g/mol. The van der Waals surface area contributed by atoms with E-state index < -0.39 is 6.03 Å². The fraction of sp³-hybridized carbons (Fsp3) is 0.478. The van der Waals surface area contributed by atoms with Gasteiger partial charge < -0.3 is 15.4 Å². The van der Waals surface area contributed by atoms with Crippen molar-refractivity contribution in [1.82, 2.24) is 14.9 Å². The molecule has 0 saturated heterocycles. The van der Waals surface area contributed by atoms with Gasteiger partial charge in [0.15, 0.2) is 0 Å². The van der Waals surface area contributed by atoms with Gasteiger partial charge in [0.1, 0.15) is 5.82 Å². The molecule has 0 aliphatic carbocycles. The highest BCUT2D eigenvalue weighted by Crippen LogP contribution is 2.33. The third kappa shape index (κ3) is 5.75. The maximum Gasteiger partial charge on any atom is 0.320 e. The molecule has 8 nitrogen and oxygen atoms in total. The fourth-order valence-corrected chi connectivity index (χ4v) is 4.11. The summed E-state index contributed by atoms with van der Waals surface area (Å²) in [7, 11) is 0. The number of fused-ring (bicyclic) bond motifs is 1. The average Bonchev–Trinajstić information content (AvgIpc) is 2.78. The molecule has 2 aromatic rings. The first-order valence-electron chi connectivity index (χ1n) is 10.9. The minimum Gasteiger partial charge on any atom is -0.377 e. The van der Waals surface area contributed by atoms with Gasteiger partial charge in [-0.15, -0.1) is 0 Å². The number of carbonyl (C=O) groups excluding carboxylic acids is 2. The van der Waals surface area contributed by atoms with E-state index >= 15 is 0 Å². The number of aryl methyl sites for hydroxylation is 1. The van der Waals surface area contributed by atoms with Crippen molar-refractivity contribution < 1.29 is 14.3 Å². The Labute approximate surface area is 193 Å². The van der Waals surface area contributed by atoms with Crippen molar-refractivity contribution in [2.45, 2.75) is 46.1 Å². The van der Waals surface area contributed by atoms with Crippen molar-refractivity contribution in [2.75, 3.05) is 31.1 Å². The van der Waals surface area contributed by atoms with Crippen LogP contribution in [-0.4, -0.2) is 53.0 Å². The van der Waals surface area contributed by atoms with Crippen LogP contribution in [-0.2, 0) is 22.6 Å². The van der Waals surface area contributed by atoms with Crippen LogP contribution >= 0.6 is 11.6 Å². The Kier molecular flexibility index (Phi) is 8.41. The van der Waals surface area contributed by atoms with Gasteiger partial charge in [-0.1, -0.05) is 18.5 Å². The first-order valence-corrected chi connectivity index (χ1v) is 11.3. The van der Waals surface area contributed by atoms with Crippen LogP contribution in [0.15, 0.2) is 24.7 Å². The van der Waals surface area contributed by atoms with Gasteiger partial charge in [-0.25, -0.2) is 9.78 Å². The van der Waals surface area contributed by atoms with Crippen LogP contribution in [0, 0.1) is 0 Å². The molecule has 2 N–H and O–H groups in total. The van der Waals surface area contributed by atoms with Gasteiger partial charge in [-0.05, 0) is 37.3 Å². The minimum absolute atomic E-state index is 0.0874. The van der Waals surface area contributed by atoms with E-state index in [0.717, 1.165) is 54.5 Å². The van der Waals surface area contributed by atoms with Gasteiger partial charge in [-0.3, -0.25) is 14.7 Å². The Hall–Kier alpha value is -2.71. The number of amides is 3. The second kappa shape index (κ2) is 11.2. The van der Waals surface area contributed by atoms with Crippen molar-refractivity contribution in [3.05, 3.63) is 40.8 Å². The number of rotatable bonds is 9. The van der Waals surface area contributed by atoms with Gasteiger partial charge in [0, 0.05) is 68.4 Å². The van der Waals surface area contributed by atoms with E-state index in [2.05, 4.69) is 16.9 Å². The number of aromatic nitrogens is 2. The predicted octanol–water partition coefficient (Wildman–Crippen LogP) is 3.79. The molecule has 0 aromatic carbocycles. The van der Waals surface area contributed by atoms with Crippen molar-refractivity contribution in [3.63, 3.8) is 0 Å². The van der Waals surface area contributed by atoms with Crippen LogP contribution < -0.4 is 10.6 Å². The largest absolute Gasteiger partial charge is 0.377 e. The Bertz CT molecular complexity index is 969. The molecule has 0 saturated carbocycles. The molecule has 3 amide bonds. The van der Waals surface area contributed by atoms with Crippen LogP contribution in [0.3, 0.4) is 0 Å². The average molecular weight is 460 g/mol. The number of anilines is 1. The molecule has 0 fully saturated rings. The summed E-state index contributed by atoms with van der Waals surface area (Å²) in [6.45, 7) is 6.53. The van der Waals surface area contributed by atoms with Crippen LogP contribution in [0.25, 0.3) is 11.1 Å². The first-order chi connectivity index (χ1) is 15.4. The fourth-order valence-electron chi connectivity index (χ4n) is 3.85. The van der Waals surface area contributed by atoms with Gasteiger partial charge in [0.05, 0.1) is 11.6 Å². The summed E-state index contributed by atoms with van der Waals surface area (Å²) in [5, 5.41) is 0.570. The number of primary amides is 1. The number of pyridine rings is 2. The molecule has 3 heterocycles. The summed E-state index contributed by atoms with van der Waals surface area (Å²) in [4.78, 5) is 35.4. The predicted molar refractivity (Wildman–Crippen MR) is 125 cm³/mol. The topological polar surface area (TPSA) is 102 Å². The third-order valence-corrected chi connectivity index (χ3v) is 5.92. The molecule has 2 aromatic heterocycles. The lowest BCUT2D eigenvalue weighted by molar-refractivity contribution is -0.129. The molecule has 172 valence electrons. The number of carbonyl (C=O) groups is 2. The maximum absolute atomic E-state index is 11.7. The van der Waals surface area contributed by atoms with Crippen molar-refractivity contribution in [3.8, 4) is 11.1 Å². The molecule has 1 aliphatic heterocycles. The Morgan fingerprint density at radius 1 is 1.28 bits per heavy atom. The summed E-state index contributed by atoms with van der Waals surface area (Å²) in [5.41, 5.74) is 8.83. The molecule has 32 heavy (non-hydrogen) atoms. The lowest BCUT2D eigenvalue weighted by atomic mass is 10.0. The number of halogens is 1. The minimum atomic E-state index is -0.494. The van der Waals surface area contributed by atoms with Crippen molar-refractivity contribution >= 4 is 29.4 Å². The molecule has 1 aliphatic rings. The van der Waals surface area contributed by atoms with Gasteiger partial charge >= 0.3 is 6.03 Å². The Morgan fingerprint density at radius 3 is 2.81 bits per heavy atom. The summed E-state index contributed by atoms with van der Waals surface area (Å²) in [5.74, 6) is 0.697. The van der Waals surface area contributed by atoms with E-state index in [0.29, 0.717) is 37.1 Å². The standard InChI is InChI=1S/C23H30ClN5O3/c1-3-7-28(16(2)30)8-5-10-32-15-19-12-26-14-20(21(19)24)18-11-17-6-4-9-29(23(25)31)22(17)27-13-18/h11-14H,3-10,15H2,1-2H3,(H2,25,31). The number of hydrogen-bond donors (Lipinski definition) is 1. The first kappa shape index (κ1) is 23.9. The molecule has 3 rings (SSSR count). The highest BCUT2D eigenvalue weighted by Gasteiger charge is 2.23. The Morgan fingerprint density at radius 2 is 2.09 bits per heavy atom. The highest BCUT2D eigenvalue weighted by atomic mass is 35.5. The lowest BCUT2D eigenvalue weighted by Crippen LogP contribution is -2.40. The van der Waals surface area contributed by atoms with Crippen molar-refractivity contribution in [2.24, 2.45) is 5.73 Å². The molecule has 0 atom stereocenters. The monoisotopic (exact) mass is 459 g/mol. The van der Waals surface area contributed by atoms with Crippen LogP contribution in [0.4, 0.5) is 10.6 Å². The maximum atomic E-state index is 11.7.